The van der Waals surface area contributed by atoms with Crippen molar-refractivity contribution in [2.24, 2.45) is 0 Å². The number of piperazine rings is 1. The smallest absolute Gasteiger partial charge is 0.240 e. The predicted molar refractivity (Wildman–Crippen MR) is 84.2 cm³/mol. The Morgan fingerprint density at radius 2 is 1.84 bits per heavy atom. The van der Waals surface area contributed by atoms with E-state index in [9.17, 15) is 8.78 Å². The summed E-state index contributed by atoms with van der Waals surface area (Å²) in [6, 6.07) is 7.66. The van der Waals surface area contributed by atoms with Crippen LogP contribution in [0, 0.1) is 3.57 Å². The summed E-state index contributed by atoms with van der Waals surface area (Å²) in [5.74, 6) is 0. The van der Waals surface area contributed by atoms with Gasteiger partial charge in [-0.2, -0.15) is 0 Å². The molecule has 2 rings (SSSR count). The van der Waals surface area contributed by atoms with Crippen LogP contribution in [0.25, 0.3) is 0 Å². The summed E-state index contributed by atoms with van der Waals surface area (Å²) in [5.41, 5.74) is 1.03. The Kier molecular flexibility index (Phi) is 7.49. The van der Waals surface area contributed by atoms with Gasteiger partial charge in [0.1, 0.15) is 0 Å². The molecule has 0 aliphatic carbocycles. The third kappa shape index (κ3) is 4.81. The van der Waals surface area contributed by atoms with Crippen LogP contribution in [0.1, 0.15) is 18.0 Å². The van der Waals surface area contributed by atoms with Crippen molar-refractivity contribution in [3.63, 3.8) is 0 Å². The van der Waals surface area contributed by atoms with Gasteiger partial charge in [0, 0.05) is 42.2 Å². The van der Waals surface area contributed by atoms with Crippen molar-refractivity contribution < 1.29 is 8.78 Å². The van der Waals surface area contributed by atoms with Crippen LogP contribution in [-0.2, 0) is 0 Å². The molecule has 1 N–H and O–H groups in total. The lowest BCUT2D eigenvalue weighted by molar-refractivity contribution is 0.0736. The lowest BCUT2D eigenvalue weighted by Crippen LogP contribution is -2.45. The Balaban J connectivity index is 0.00000180. The van der Waals surface area contributed by atoms with Gasteiger partial charge in [-0.15, -0.1) is 12.4 Å². The maximum Gasteiger partial charge on any atom is 0.240 e. The predicted octanol–water partition coefficient (Wildman–Crippen LogP) is 3.31. The summed E-state index contributed by atoms with van der Waals surface area (Å²) < 4.78 is 26.7. The van der Waals surface area contributed by atoms with Crippen LogP contribution < -0.4 is 5.32 Å². The number of nitrogens with zero attached hydrogens (tertiary/aromatic N) is 1. The average molecular weight is 403 g/mol. The molecular weight excluding hydrogens is 385 g/mol. The second kappa shape index (κ2) is 8.34. The maximum atomic E-state index is 12.8. The van der Waals surface area contributed by atoms with E-state index in [1.807, 2.05) is 24.3 Å². The fraction of sp³-hybridized carbons (Fsp3) is 0.538. The molecular formula is C13H18ClF2IN2. The van der Waals surface area contributed by atoms with Crippen LogP contribution in [0.4, 0.5) is 8.78 Å². The molecule has 0 radical (unpaired) electrons. The van der Waals surface area contributed by atoms with Crippen LogP contribution in [0.15, 0.2) is 24.3 Å². The number of hydrogen-bond donors (Lipinski definition) is 1. The molecule has 0 spiro atoms. The first kappa shape index (κ1) is 17.1. The van der Waals surface area contributed by atoms with Gasteiger partial charge in [-0.25, -0.2) is 8.78 Å². The Labute approximate surface area is 132 Å². The van der Waals surface area contributed by atoms with Crippen molar-refractivity contribution in [1.82, 2.24) is 10.2 Å². The summed E-state index contributed by atoms with van der Waals surface area (Å²) in [6.45, 7) is 3.43. The number of rotatable bonds is 4. The van der Waals surface area contributed by atoms with Crippen LogP contribution in [0.5, 0.6) is 0 Å². The van der Waals surface area contributed by atoms with Crippen molar-refractivity contribution in [2.75, 3.05) is 26.2 Å². The molecule has 1 aromatic carbocycles. The van der Waals surface area contributed by atoms with E-state index in [1.54, 1.807) is 0 Å². The molecule has 1 saturated heterocycles. The highest BCUT2D eigenvalue weighted by atomic mass is 127. The van der Waals surface area contributed by atoms with Crippen LogP contribution in [-0.4, -0.2) is 37.5 Å². The van der Waals surface area contributed by atoms with Gasteiger partial charge in [0.15, 0.2) is 0 Å². The first-order valence-corrected chi connectivity index (χ1v) is 7.23. The van der Waals surface area contributed by atoms with Gasteiger partial charge in [0.25, 0.3) is 0 Å². The van der Waals surface area contributed by atoms with Crippen molar-refractivity contribution in [3.05, 3.63) is 33.4 Å². The van der Waals surface area contributed by atoms with E-state index in [1.165, 1.54) is 0 Å². The topological polar surface area (TPSA) is 15.3 Å². The molecule has 0 bridgehead atoms. The standard InChI is InChI=1S/C13H17F2IN2.ClH/c14-13(15)9-12(18-7-5-17-6-8-18)10-3-1-2-4-11(10)16;/h1-4,12-13,17H,5-9H2;1H/t12-;/m0./s1. The Morgan fingerprint density at radius 3 is 2.42 bits per heavy atom. The molecule has 108 valence electrons. The van der Waals surface area contributed by atoms with E-state index in [4.69, 9.17) is 0 Å². The quantitative estimate of drug-likeness (QED) is 0.778. The van der Waals surface area contributed by atoms with E-state index in [0.717, 1.165) is 35.3 Å². The highest BCUT2D eigenvalue weighted by Gasteiger charge is 2.26. The Hall–Kier alpha value is 0.0200. The van der Waals surface area contributed by atoms with Crippen molar-refractivity contribution in [1.29, 1.82) is 0 Å². The molecule has 1 aliphatic heterocycles. The number of hydrogen-bond acceptors (Lipinski definition) is 2. The molecule has 1 aliphatic rings. The molecule has 1 atom stereocenters. The normalized spacial score (nSPS) is 18.1. The summed E-state index contributed by atoms with van der Waals surface area (Å²) in [7, 11) is 0. The van der Waals surface area contributed by atoms with Gasteiger partial charge >= 0.3 is 0 Å². The fourth-order valence-corrected chi connectivity index (χ4v) is 3.13. The second-order valence-corrected chi connectivity index (χ2v) is 5.61. The summed E-state index contributed by atoms with van der Waals surface area (Å²) >= 11 is 2.23. The van der Waals surface area contributed by atoms with Gasteiger partial charge < -0.3 is 5.32 Å². The van der Waals surface area contributed by atoms with Gasteiger partial charge in [0.05, 0.1) is 0 Å². The SMILES string of the molecule is Cl.FC(F)C[C@@H](c1ccccc1I)N1CCNCC1. The van der Waals surface area contributed by atoms with E-state index >= 15 is 0 Å². The van der Waals surface area contributed by atoms with Gasteiger partial charge in [-0.1, -0.05) is 18.2 Å². The molecule has 0 amide bonds. The first-order valence-electron chi connectivity index (χ1n) is 6.16. The zero-order valence-electron chi connectivity index (χ0n) is 10.5. The number of alkyl halides is 2. The van der Waals surface area contributed by atoms with Gasteiger partial charge in [-0.3, -0.25) is 4.90 Å². The summed E-state index contributed by atoms with van der Waals surface area (Å²) in [6.07, 6.45) is -2.35. The average Bonchev–Trinajstić information content (AvgIpc) is 2.38. The zero-order valence-corrected chi connectivity index (χ0v) is 13.5. The molecule has 2 nitrogen and oxygen atoms in total. The van der Waals surface area contributed by atoms with E-state index < -0.39 is 6.43 Å². The fourth-order valence-electron chi connectivity index (χ4n) is 2.38. The largest absolute Gasteiger partial charge is 0.314 e. The molecule has 0 aromatic heterocycles. The Morgan fingerprint density at radius 1 is 1.21 bits per heavy atom. The summed E-state index contributed by atoms with van der Waals surface area (Å²) in [5, 5.41) is 3.26. The van der Waals surface area contributed by atoms with E-state index in [-0.39, 0.29) is 24.9 Å². The maximum absolute atomic E-state index is 12.8. The second-order valence-electron chi connectivity index (χ2n) is 4.45. The van der Waals surface area contributed by atoms with Crippen LogP contribution >= 0.6 is 35.0 Å². The monoisotopic (exact) mass is 402 g/mol. The number of benzene rings is 1. The molecule has 1 aromatic rings. The zero-order chi connectivity index (χ0) is 13.0. The van der Waals surface area contributed by atoms with Crippen molar-refractivity contribution in [2.45, 2.75) is 18.9 Å². The van der Waals surface area contributed by atoms with Crippen LogP contribution in [0.3, 0.4) is 0 Å². The minimum absolute atomic E-state index is 0. The van der Waals surface area contributed by atoms with E-state index in [0.29, 0.717) is 0 Å². The number of nitrogens with one attached hydrogen (secondary N) is 1. The Bertz CT molecular complexity index is 387. The molecule has 1 fully saturated rings. The van der Waals surface area contributed by atoms with Crippen LogP contribution in [0.2, 0.25) is 0 Å². The lowest BCUT2D eigenvalue weighted by atomic mass is 10.0. The molecule has 0 saturated carbocycles. The number of halogens is 4. The molecule has 0 unspecified atom stereocenters. The van der Waals surface area contributed by atoms with E-state index in [2.05, 4.69) is 32.8 Å². The lowest BCUT2D eigenvalue weighted by Gasteiger charge is -2.35. The third-order valence-corrected chi connectivity index (χ3v) is 4.24. The minimum Gasteiger partial charge on any atom is -0.314 e. The third-order valence-electron chi connectivity index (χ3n) is 3.26. The minimum atomic E-state index is -2.26. The van der Waals surface area contributed by atoms with Gasteiger partial charge in [0.2, 0.25) is 6.43 Å². The highest BCUT2D eigenvalue weighted by Crippen LogP contribution is 2.30. The molecule has 1 heterocycles. The van der Waals surface area contributed by atoms with Crippen molar-refractivity contribution in [3.8, 4) is 0 Å². The first-order chi connectivity index (χ1) is 8.68. The molecule has 19 heavy (non-hydrogen) atoms. The molecule has 6 heteroatoms. The van der Waals surface area contributed by atoms with Gasteiger partial charge in [-0.05, 0) is 34.2 Å². The summed E-state index contributed by atoms with van der Waals surface area (Å²) in [4.78, 5) is 2.17. The highest BCUT2D eigenvalue weighted by molar-refractivity contribution is 14.1. The van der Waals surface area contributed by atoms with Crippen molar-refractivity contribution >= 4 is 35.0 Å².